The van der Waals surface area contributed by atoms with Crippen molar-refractivity contribution in [2.24, 2.45) is 0 Å². The van der Waals surface area contributed by atoms with E-state index >= 15 is 0 Å². The summed E-state index contributed by atoms with van der Waals surface area (Å²) in [5, 5.41) is 1.91. The highest BCUT2D eigenvalue weighted by Crippen LogP contribution is 2.38. The van der Waals surface area contributed by atoms with Gasteiger partial charge in [-0.25, -0.2) is 9.37 Å². The van der Waals surface area contributed by atoms with Gasteiger partial charge in [-0.1, -0.05) is 0 Å². The fraction of sp³-hybridized carbons (Fsp3) is 0.143. The Morgan fingerprint density at radius 2 is 1.31 bits per heavy atom. The molecule has 3 aromatic carbocycles. The zero-order valence-corrected chi connectivity index (χ0v) is 19.8. The van der Waals surface area contributed by atoms with Crippen LogP contribution in [-0.4, -0.2) is 33.4 Å². The van der Waals surface area contributed by atoms with Gasteiger partial charge in [-0.2, -0.15) is 4.40 Å². The second-order valence-electron chi connectivity index (χ2n) is 7.92. The molecule has 0 aliphatic heterocycles. The van der Waals surface area contributed by atoms with Crippen LogP contribution in [0.5, 0.6) is 23.0 Å². The van der Waals surface area contributed by atoms with E-state index in [2.05, 4.69) is 0 Å². The van der Waals surface area contributed by atoms with Crippen molar-refractivity contribution in [3.63, 3.8) is 0 Å². The fourth-order valence-electron chi connectivity index (χ4n) is 4.25. The monoisotopic (exact) mass is 471 g/mol. The molecule has 0 atom stereocenters. The third-order valence-corrected chi connectivity index (χ3v) is 6.00. The number of hydrogen-bond donors (Lipinski definition) is 0. The fourth-order valence-corrected chi connectivity index (χ4v) is 4.25. The number of nitrogens with zero attached hydrogens (tertiary/aromatic N) is 2. The van der Waals surface area contributed by atoms with Crippen LogP contribution in [0.3, 0.4) is 0 Å². The molecule has 0 radical (unpaired) electrons. The third-order valence-electron chi connectivity index (χ3n) is 6.00. The zero-order valence-electron chi connectivity index (χ0n) is 19.8. The van der Waals surface area contributed by atoms with Crippen molar-refractivity contribution in [3.8, 4) is 45.5 Å². The maximum Gasteiger partial charge on any atom is 0.245 e. The number of benzene rings is 3. The molecule has 5 aromatic rings. The lowest BCUT2D eigenvalue weighted by Crippen LogP contribution is -2.23. The minimum atomic E-state index is -0.297. The van der Waals surface area contributed by atoms with Gasteiger partial charge in [0.15, 0.2) is 29.2 Å². The summed E-state index contributed by atoms with van der Waals surface area (Å²) in [5.74, 6) is 2.19. The maximum absolute atomic E-state index is 13.6. The van der Waals surface area contributed by atoms with Gasteiger partial charge in [-0.3, -0.25) is 0 Å². The van der Waals surface area contributed by atoms with Crippen LogP contribution in [0.4, 0.5) is 4.39 Å². The highest BCUT2D eigenvalue weighted by molar-refractivity contribution is 6.01. The molecule has 0 unspecified atom stereocenters. The summed E-state index contributed by atoms with van der Waals surface area (Å²) in [6.45, 7) is 0. The number of pyridine rings is 1. The predicted molar refractivity (Wildman–Crippen MR) is 132 cm³/mol. The summed E-state index contributed by atoms with van der Waals surface area (Å²) < 4.78 is 37.7. The topological polar surface area (TPSA) is 53.9 Å². The van der Waals surface area contributed by atoms with E-state index in [4.69, 9.17) is 23.9 Å². The van der Waals surface area contributed by atoms with E-state index in [1.165, 1.54) is 12.1 Å². The van der Waals surface area contributed by atoms with E-state index in [9.17, 15) is 4.39 Å². The number of rotatable bonds is 6. The lowest BCUT2D eigenvalue weighted by molar-refractivity contribution is -0.510. The summed E-state index contributed by atoms with van der Waals surface area (Å²) in [6, 6.07) is 17.9. The van der Waals surface area contributed by atoms with Gasteiger partial charge >= 0.3 is 0 Å². The summed E-state index contributed by atoms with van der Waals surface area (Å²) in [6.07, 6.45) is 3.91. The predicted octanol–water partition coefficient (Wildman–Crippen LogP) is 5.48. The summed E-state index contributed by atoms with van der Waals surface area (Å²) in [7, 11) is 6.43. The van der Waals surface area contributed by atoms with E-state index in [-0.39, 0.29) is 5.82 Å². The summed E-state index contributed by atoms with van der Waals surface area (Å²) in [5.41, 5.74) is 3.94. The Kier molecular flexibility index (Phi) is 5.82. The van der Waals surface area contributed by atoms with E-state index in [1.807, 2.05) is 53.2 Å². The van der Waals surface area contributed by atoms with Crippen molar-refractivity contribution in [1.82, 2.24) is 4.98 Å². The molecule has 0 aliphatic carbocycles. The van der Waals surface area contributed by atoms with Crippen LogP contribution in [0, 0.1) is 5.82 Å². The Morgan fingerprint density at radius 3 is 2.00 bits per heavy atom. The Balaban J connectivity index is 1.87. The number of fused-ring (bicyclic) bond motifs is 3. The first-order chi connectivity index (χ1) is 17.1. The third kappa shape index (κ3) is 3.95. The number of ether oxygens (including phenoxy) is 4. The molecule has 0 saturated carbocycles. The normalized spacial score (nSPS) is 11.0. The molecule has 35 heavy (non-hydrogen) atoms. The average molecular weight is 472 g/mol. The highest BCUT2D eigenvalue weighted by atomic mass is 19.1. The zero-order chi connectivity index (χ0) is 24.5. The Labute approximate surface area is 202 Å². The van der Waals surface area contributed by atoms with Gasteiger partial charge in [0.25, 0.3) is 0 Å². The van der Waals surface area contributed by atoms with Crippen molar-refractivity contribution in [2.75, 3.05) is 28.4 Å². The van der Waals surface area contributed by atoms with Gasteiger partial charge in [-0.05, 0) is 60.0 Å². The molecule has 0 aliphatic rings. The first-order valence-corrected chi connectivity index (χ1v) is 11.0. The van der Waals surface area contributed by atoms with Gasteiger partial charge in [0, 0.05) is 17.2 Å². The van der Waals surface area contributed by atoms with E-state index < -0.39 is 0 Å². The van der Waals surface area contributed by atoms with Crippen LogP contribution in [0.2, 0.25) is 0 Å². The van der Waals surface area contributed by atoms with Crippen LogP contribution < -0.4 is 23.3 Å². The molecule has 6 nitrogen and oxygen atoms in total. The van der Waals surface area contributed by atoms with Crippen LogP contribution in [0.25, 0.3) is 38.8 Å². The van der Waals surface area contributed by atoms with Gasteiger partial charge in [0.1, 0.15) is 17.2 Å². The standard InChI is InChI=1S/C28H24FN2O4/c1-32-23-10-7-19(14-24(23)33-2)27-28-21-15-26(35-4)25(34-3)13-18(21)11-12-31(28)16-22(30-27)17-5-8-20(29)9-6-17/h5-16H,1-4H3/q+1. The molecule has 0 saturated heterocycles. The van der Waals surface area contributed by atoms with Crippen LogP contribution in [0.15, 0.2) is 73.1 Å². The van der Waals surface area contributed by atoms with Crippen molar-refractivity contribution >= 4 is 16.3 Å². The molecule has 0 amide bonds. The minimum Gasteiger partial charge on any atom is -0.493 e. The average Bonchev–Trinajstić information content (AvgIpc) is 2.91. The molecule has 2 heterocycles. The summed E-state index contributed by atoms with van der Waals surface area (Å²) >= 11 is 0. The second kappa shape index (κ2) is 9.10. The molecule has 0 spiro atoms. The van der Waals surface area contributed by atoms with Crippen molar-refractivity contribution < 1.29 is 27.7 Å². The Morgan fingerprint density at radius 1 is 0.686 bits per heavy atom. The molecule has 176 valence electrons. The number of hydrogen-bond acceptors (Lipinski definition) is 5. The van der Waals surface area contributed by atoms with Gasteiger partial charge in [-0.15, -0.1) is 0 Å². The minimum absolute atomic E-state index is 0.297. The number of methoxy groups -OCH3 is 4. The molecule has 7 heteroatoms. The largest absolute Gasteiger partial charge is 0.493 e. The molecular formula is C28H24FN2O4+. The van der Waals surface area contributed by atoms with Gasteiger partial charge < -0.3 is 18.9 Å². The van der Waals surface area contributed by atoms with Gasteiger partial charge in [0.05, 0.1) is 33.8 Å². The lowest BCUT2D eigenvalue weighted by atomic mass is 10.0. The maximum atomic E-state index is 13.6. The van der Waals surface area contributed by atoms with E-state index in [0.717, 1.165) is 33.1 Å². The van der Waals surface area contributed by atoms with Crippen LogP contribution >= 0.6 is 0 Å². The smallest absolute Gasteiger partial charge is 0.245 e. The van der Waals surface area contributed by atoms with Crippen LogP contribution in [0.1, 0.15) is 0 Å². The Hall–Kier alpha value is -4.39. The summed E-state index contributed by atoms with van der Waals surface area (Å²) in [4.78, 5) is 5.04. The van der Waals surface area contributed by atoms with E-state index in [0.29, 0.717) is 28.7 Å². The first-order valence-electron chi connectivity index (χ1n) is 11.0. The number of halogens is 1. The lowest BCUT2D eigenvalue weighted by Gasteiger charge is -2.12. The molecule has 5 rings (SSSR count). The number of aromatic nitrogens is 2. The molecular weight excluding hydrogens is 447 g/mol. The van der Waals surface area contributed by atoms with Crippen molar-refractivity contribution in [2.45, 2.75) is 0 Å². The first kappa shape index (κ1) is 22.4. The molecule has 0 fully saturated rings. The molecule has 2 aromatic heterocycles. The highest BCUT2D eigenvalue weighted by Gasteiger charge is 2.22. The van der Waals surface area contributed by atoms with E-state index in [1.54, 1.807) is 40.6 Å². The SMILES string of the molecule is COc1ccc(-c2nc(-c3ccc(F)cc3)c[n+]3ccc4cc(OC)c(OC)cc4c23)cc1OC. The quantitative estimate of drug-likeness (QED) is 0.242. The van der Waals surface area contributed by atoms with Gasteiger partial charge in [0.2, 0.25) is 11.7 Å². The van der Waals surface area contributed by atoms with Crippen LogP contribution in [-0.2, 0) is 0 Å². The van der Waals surface area contributed by atoms with Crippen molar-refractivity contribution in [3.05, 3.63) is 78.9 Å². The second-order valence-corrected chi connectivity index (χ2v) is 7.92. The molecule has 0 bridgehead atoms. The van der Waals surface area contributed by atoms with Crippen molar-refractivity contribution in [1.29, 1.82) is 0 Å². The Bertz CT molecular complexity index is 1550. The molecule has 0 N–H and O–H groups in total.